The van der Waals surface area contributed by atoms with Crippen LogP contribution in [0, 0.1) is 11.8 Å². The van der Waals surface area contributed by atoms with E-state index in [1.54, 1.807) is 13.0 Å². The Balaban J connectivity index is 1.66. The lowest BCUT2D eigenvalue weighted by atomic mass is 9.86. The summed E-state index contributed by atoms with van der Waals surface area (Å²) in [6.45, 7) is 3.50. The van der Waals surface area contributed by atoms with Crippen molar-refractivity contribution >= 4 is 47.0 Å². The molecule has 0 aromatic heterocycles. The zero-order valence-corrected chi connectivity index (χ0v) is 19.4. The molecule has 2 aliphatic rings. The van der Waals surface area contributed by atoms with Crippen LogP contribution in [-0.2, 0) is 14.4 Å². The number of benzene rings is 1. The third kappa shape index (κ3) is 5.57. The van der Waals surface area contributed by atoms with E-state index in [9.17, 15) is 34.5 Å². The summed E-state index contributed by atoms with van der Waals surface area (Å²) in [5, 5.41) is 43.2. The fraction of sp³-hybridized carbons (Fsp3) is 0.500. The Hall–Kier alpha value is -2.96. The number of carbonyl (C=O) groups is 4. The molecule has 6 N–H and O–H groups in total. The second-order valence-corrected chi connectivity index (χ2v) is 9.97. The van der Waals surface area contributed by atoms with Crippen LogP contribution in [0.2, 0.25) is 0 Å². The molecule has 1 fully saturated rings. The van der Waals surface area contributed by atoms with Crippen molar-refractivity contribution in [3.63, 3.8) is 0 Å². The predicted molar refractivity (Wildman–Crippen MR) is 124 cm³/mol. The Morgan fingerprint density at radius 1 is 1.18 bits per heavy atom. The van der Waals surface area contributed by atoms with Crippen molar-refractivity contribution in [3.05, 3.63) is 29.8 Å². The highest BCUT2D eigenvalue weighted by atomic mass is 32.2. The van der Waals surface area contributed by atoms with E-state index in [4.69, 9.17) is 5.11 Å². The number of aliphatic carboxylic acids is 2. The molecule has 2 unspecified atom stereocenters. The minimum Gasteiger partial charge on any atom is -0.481 e. The molecule has 0 bridgehead atoms. The van der Waals surface area contributed by atoms with E-state index in [0.29, 0.717) is 18.7 Å². The molecule has 1 amide bonds. The summed E-state index contributed by atoms with van der Waals surface area (Å²) in [6.07, 6.45) is -0.803. The van der Waals surface area contributed by atoms with Crippen molar-refractivity contribution in [1.29, 1.82) is 0 Å². The molecule has 11 nitrogen and oxygen atoms in total. The van der Waals surface area contributed by atoms with Crippen LogP contribution >= 0.6 is 11.8 Å². The number of aliphatic imine (C=N–C) groups is 1. The number of hydrogen-bond acceptors (Lipinski definition) is 8. The van der Waals surface area contributed by atoms with Crippen molar-refractivity contribution < 1.29 is 39.6 Å². The first-order valence-electron chi connectivity index (χ1n) is 10.7. The van der Waals surface area contributed by atoms with Gasteiger partial charge in [-0.15, -0.1) is 11.8 Å². The van der Waals surface area contributed by atoms with Gasteiger partial charge in [0.15, 0.2) is 0 Å². The van der Waals surface area contributed by atoms with E-state index in [1.807, 2.05) is 0 Å². The van der Waals surface area contributed by atoms with Gasteiger partial charge in [0.25, 0.3) is 0 Å². The highest BCUT2D eigenvalue weighted by Crippen LogP contribution is 2.39. The van der Waals surface area contributed by atoms with Gasteiger partial charge in [-0.1, -0.05) is 13.0 Å². The van der Waals surface area contributed by atoms with Gasteiger partial charge in [0, 0.05) is 17.5 Å². The summed E-state index contributed by atoms with van der Waals surface area (Å²) in [6, 6.07) is 4.45. The molecule has 0 aliphatic carbocycles. The normalized spacial score (nSPS) is 28.1. The molecule has 7 atom stereocenters. The highest BCUT2D eigenvalue weighted by Gasteiger charge is 2.48. The molecule has 2 heterocycles. The largest absolute Gasteiger partial charge is 0.481 e. The van der Waals surface area contributed by atoms with Crippen LogP contribution in [0.15, 0.2) is 29.3 Å². The number of aliphatic hydroxyl groups is 1. The minimum absolute atomic E-state index is 0.0488. The lowest BCUT2D eigenvalue weighted by Gasteiger charge is -2.27. The topological polar surface area (TPSA) is 186 Å². The molecular formula is C22H27N3O8S. The number of nitrogens with zero attached hydrogens (tertiary/aromatic N) is 1. The van der Waals surface area contributed by atoms with Crippen LogP contribution in [0.3, 0.4) is 0 Å². The van der Waals surface area contributed by atoms with Crippen molar-refractivity contribution in [2.75, 3.05) is 11.9 Å². The van der Waals surface area contributed by atoms with Crippen molar-refractivity contribution in [1.82, 2.24) is 5.32 Å². The number of carboxylic acids is 3. The standard InChI is InChI=1S/C22H27N3O8S/c1-9-16(15(10(2)26)21(30)31)25-17(22(32)33)18(9)34-13-7-14(23-8-13)19(27)24-12-5-3-4-11(6-12)20(28)29/h3-6,9-10,13-16,18,23,26H,7-8H2,1-2H3,(H,24,27)(H,28,29)(H,30,31)(H,32,33)/t9-,10-,13+,14+,15?,16-,18?/m1/s1. The van der Waals surface area contributed by atoms with Crippen LogP contribution in [0.4, 0.5) is 5.69 Å². The molecule has 1 aromatic rings. The van der Waals surface area contributed by atoms with Crippen molar-refractivity contribution in [3.8, 4) is 0 Å². The summed E-state index contributed by atoms with van der Waals surface area (Å²) < 4.78 is 0. The molecule has 3 rings (SSSR count). The maximum Gasteiger partial charge on any atom is 0.350 e. The first-order valence-corrected chi connectivity index (χ1v) is 11.7. The number of nitrogens with one attached hydrogen (secondary N) is 2. The average molecular weight is 494 g/mol. The molecule has 12 heteroatoms. The molecular weight excluding hydrogens is 466 g/mol. The quantitative estimate of drug-likeness (QED) is 0.287. The minimum atomic E-state index is -1.24. The van der Waals surface area contributed by atoms with Gasteiger partial charge in [0.1, 0.15) is 11.6 Å². The van der Waals surface area contributed by atoms with E-state index in [2.05, 4.69) is 15.6 Å². The summed E-state index contributed by atoms with van der Waals surface area (Å²) in [4.78, 5) is 51.4. The van der Waals surface area contributed by atoms with Gasteiger partial charge in [-0.3, -0.25) is 14.6 Å². The first-order chi connectivity index (χ1) is 16.0. The number of aliphatic hydroxyl groups excluding tert-OH is 1. The Morgan fingerprint density at radius 2 is 1.88 bits per heavy atom. The lowest BCUT2D eigenvalue weighted by Crippen LogP contribution is -2.40. The Kier molecular flexibility index (Phi) is 7.95. The summed E-state index contributed by atoms with van der Waals surface area (Å²) in [5.74, 6) is -5.59. The van der Waals surface area contributed by atoms with Crippen LogP contribution in [-0.4, -0.2) is 85.2 Å². The molecule has 2 aliphatic heterocycles. The Morgan fingerprint density at radius 3 is 2.47 bits per heavy atom. The van der Waals surface area contributed by atoms with Crippen LogP contribution in [0.25, 0.3) is 0 Å². The van der Waals surface area contributed by atoms with Gasteiger partial charge < -0.3 is 31.1 Å². The SMILES string of the molecule is C[C@@H](O)C(C(=O)O)[C@@H]1N=C(C(=O)O)C(S[C@@H]2CN[C@H](C(=O)Nc3cccc(C(=O)O)c3)C2)[C@@H]1C. The number of aromatic carboxylic acids is 1. The van der Waals surface area contributed by atoms with Gasteiger partial charge >= 0.3 is 17.9 Å². The zero-order chi connectivity index (χ0) is 25.2. The van der Waals surface area contributed by atoms with Crippen molar-refractivity contribution in [2.24, 2.45) is 16.8 Å². The second-order valence-electron chi connectivity index (χ2n) is 8.52. The first kappa shape index (κ1) is 25.7. The number of amides is 1. The van der Waals surface area contributed by atoms with E-state index in [0.717, 1.165) is 0 Å². The number of thioether (sulfide) groups is 1. The Bertz CT molecular complexity index is 1010. The average Bonchev–Trinajstić information content (AvgIpc) is 3.34. The number of anilines is 1. The fourth-order valence-electron chi connectivity index (χ4n) is 4.36. The smallest absolute Gasteiger partial charge is 0.350 e. The highest BCUT2D eigenvalue weighted by molar-refractivity contribution is 8.01. The maximum absolute atomic E-state index is 12.7. The molecule has 0 radical (unpaired) electrons. The van der Waals surface area contributed by atoms with Crippen molar-refractivity contribution in [2.45, 2.75) is 49.0 Å². The van der Waals surface area contributed by atoms with E-state index >= 15 is 0 Å². The van der Waals surface area contributed by atoms with Gasteiger partial charge in [-0.25, -0.2) is 9.59 Å². The molecule has 1 saturated heterocycles. The van der Waals surface area contributed by atoms with Gasteiger partial charge in [-0.2, -0.15) is 0 Å². The third-order valence-electron chi connectivity index (χ3n) is 6.09. The van der Waals surface area contributed by atoms with E-state index < -0.39 is 53.2 Å². The molecule has 0 saturated carbocycles. The van der Waals surface area contributed by atoms with Gasteiger partial charge in [0.2, 0.25) is 5.91 Å². The zero-order valence-electron chi connectivity index (χ0n) is 18.5. The maximum atomic E-state index is 12.7. The monoisotopic (exact) mass is 493 g/mol. The van der Waals surface area contributed by atoms with Crippen LogP contribution < -0.4 is 10.6 Å². The molecule has 0 spiro atoms. The fourth-order valence-corrected chi connectivity index (χ4v) is 5.97. The number of rotatable bonds is 9. The molecule has 34 heavy (non-hydrogen) atoms. The molecule has 184 valence electrons. The van der Waals surface area contributed by atoms with Gasteiger partial charge in [0.05, 0.1) is 29.0 Å². The number of carboxylic acid groups (broad SMARTS) is 3. The lowest BCUT2D eigenvalue weighted by molar-refractivity contribution is -0.146. The van der Waals surface area contributed by atoms with Gasteiger partial charge in [-0.05, 0) is 37.5 Å². The summed E-state index contributed by atoms with van der Waals surface area (Å²) in [7, 11) is 0. The molecule has 1 aromatic carbocycles. The Labute approximate surface area is 199 Å². The van der Waals surface area contributed by atoms with E-state index in [-0.39, 0.29) is 22.4 Å². The van der Waals surface area contributed by atoms with E-state index in [1.165, 1.54) is 36.9 Å². The summed E-state index contributed by atoms with van der Waals surface area (Å²) >= 11 is 1.33. The number of carbonyl (C=O) groups excluding carboxylic acids is 1. The number of hydrogen-bond donors (Lipinski definition) is 6. The summed E-state index contributed by atoms with van der Waals surface area (Å²) in [5.41, 5.74) is 0.272. The predicted octanol–water partition coefficient (Wildman–Crippen LogP) is 0.781. The van der Waals surface area contributed by atoms with Crippen LogP contribution in [0.1, 0.15) is 30.6 Å². The second kappa shape index (κ2) is 10.5. The van der Waals surface area contributed by atoms with Crippen LogP contribution in [0.5, 0.6) is 0 Å². The third-order valence-corrected chi connectivity index (χ3v) is 7.78.